The van der Waals surface area contributed by atoms with E-state index in [-0.39, 0.29) is 4.90 Å². The van der Waals surface area contributed by atoms with Crippen molar-refractivity contribution in [1.29, 1.82) is 0 Å². The molecule has 0 unspecified atom stereocenters. The Bertz CT molecular complexity index is 983. The zero-order valence-electron chi connectivity index (χ0n) is 15.9. The molecule has 0 heterocycles. The Balaban J connectivity index is 1.79. The molecule has 3 atom stereocenters. The summed E-state index contributed by atoms with van der Waals surface area (Å²) in [7, 11) is -2.44. The van der Waals surface area contributed by atoms with Crippen molar-refractivity contribution in [3.05, 3.63) is 60.7 Å². The van der Waals surface area contributed by atoms with Gasteiger partial charge >= 0.3 is 5.97 Å². The second-order valence-electron chi connectivity index (χ2n) is 6.88. The molecule has 0 saturated carbocycles. The molecule has 0 bridgehead atoms. The highest BCUT2D eigenvalue weighted by Crippen LogP contribution is 2.25. The van der Waals surface area contributed by atoms with E-state index < -0.39 is 34.1 Å². The van der Waals surface area contributed by atoms with Gasteiger partial charge in [-0.25, -0.2) is 8.42 Å². The quantitative estimate of drug-likeness (QED) is 0.597. The van der Waals surface area contributed by atoms with Gasteiger partial charge in [0.05, 0.1) is 18.1 Å². The Hall–Kier alpha value is -2.68. The van der Waals surface area contributed by atoms with Gasteiger partial charge in [-0.2, -0.15) is 4.72 Å². The van der Waals surface area contributed by atoms with Gasteiger partial charge in [0, 0.05) is 5.92 Å². The van der Waals surface area contributed by atoms with Crippen molar-refractivity contribution >= 4 is 16.0 Å². The van der Waals surface area contributed by atoms with Crippen LogP contribution in [0.3, 0.4) is 0 Å². The number of aliphatic hydroxyl groups is 1. The third-order valence-electron chi connectivity index (χ3n) is 4.94. The summed E-state index contributed by atoms with van der Waals surface area (Å²) in [5.41, 5.74) is 1.72. The van der Waals surface area contributed by atoms with E-state index in [1.54, 1.807) is 25.3 Å². The molecule has 0 aromatic heterocycles. The maximum Gasteiger partial charge on any atom is 0.322 e. The largest absolute Gasteiger partial charge is 0.497 e. The van der Waals surface area contributed by atoms with Crippen LogP contribution in [0.4, 0.5) is 0 Å². The van der Waals surface area contributed by atoms with Crippen molar-refractivity contribution in [2.75, 3.05) is 7.11 Å². The van der Waals surface area contributed by atoms with Crippen LogP contribution in [-0.2, 0) is 14.8 Å². The Labute approximate surface area is 169 Å². The minimum atomic E-state index is -4.02. The topological polar surface area (TPSA) is 113 Å². The summed E-state index contributed by atoms with van der Waals surface area (Å²) in [4.78, 5) is 11.6. The number of benzene rings is 2. The third kappa shape index (κ3) is 5.03. The number of nitrogens with one attached hydrogen (secondary N) is 1. The number of hydrogen-bond donors (Lipinski definition) is 3. The van der Waals surface area contributed by atoms with Crippen molar-refractivity contribution in [1.82, 2.24) is 4.72 Å². The van der Waals surface area contributed by atoms with E-state index in [9.17, 15) is 23.4 Å². The van der Waals surface area contributed by atoms with Crippen molar-refractivity contribution < 1.29 is 28.2 Å². The van der Waals surface area contributed by atoms with Crippen molar-refractivity contribution in [2.45, 2.75) is 29.9 Å². The number of carbonyl (C=O) groups is 1. The highest BCUT2D eigenvalue weighted by Gasteiger charge is 2.33. The SMILES string of the molecule is COc1ccc(-c2ccc(S(=O)(=O)N[C@@H](C(=O)O)[C@H]3C=C[C@@H](O)CC3)cc2)cc1. The van der Waals surface area contributed by atoms with Crippen LogP contribution >= 0.6 is 0 Å². The van der Waals surface area contributed by atoms with Crippen LogP contribution in [0.5, 0.6) is 5.75 Å². The molecule has 29 heavy (non-hydrogen) atoms. The molecular formula is C21H23NO6S. The van der Waals surface area contributed by atoms with Crippen LogP contribution in [0.1, 0.15) is 12.8 Å². The number of carboxylic acids is 1. The van der Waals surface area contributed by atoms with Gasteiger partial charge < -0.3 is 14.9 Å². The maximum absolute atomic E-state index is 12.7. The van der Waals surface area contributed by atoms with Crippen LogP contribution in [0.15, 0.2) is 65.6 Å². The number of aliphatic carboxylic acids is 1. The molecule has 2 aromatic carbocycles. The van der Waals surface area contributed by atoms with Crippen molar-refractivity contribution in [3.63, 3.8) is 0 Å². The van der Waals surface area contributed by atoms with E-state index in [0.29, 0.717) is 12.8 Å². The first-order chi connectivity index (χ1) is 13.8. The zero-order chi connectivity index (χ0) is 21.0. The number of methoxy groups -OCH3 is 1. The molecule has 0 saturated heterocycles. The van der Waals surface area contributed by atoms with Gasteiger partial charge in [0.1, 0.15) is 11.8 Å². The summed E-state index contributed by atoms with van der Waals surface area (Å²) in [6.45, 7) is 0. The van der Waals surface area contributed by atoms with Crippen LogP contribution in [0.25, 0.3) is 11.1 Å². The van der Waals surface area contributed by atoms with Gasteiger partial charge in [0.2, 0.25) is 10.0 Å². The number of sulfonamides is 1. The van der Waals surface area contributed by atoms with Gasteiger partial charge in [0.25, 0.3) is 0 Å². The van der Waals surface area contributed by atoms with E-state index >= 15 is 0 Å². The van der Waals surface area contributed by atoms with E-state index in [1.165, 1.54) is 18.2 Å². The first-order valence-corrected chi connectivity index (χ1v) is 10.6. The molecule has 3 rings (SSSR count). The molecule has 2 aromatic rings. The minimum Gasteiger partial charge on any atom is -0.497 e. The highest BCUT2D eigenvalue weighted by molar-refractivity contribution is 7.89. The Kier molecular flexibility index (Phi) is 6.36. The first-order valence-electron chi connectivity index (χ1n) is 9.16. The lowest BCUT2D eigenvalue weighted by Gasteiger charge is -2.26. The van der Waals surface area contributed by atoms with Gasteiger partial charge in [-0.05, 0) is 48.2 Å². The summed E-state index contributed by atoms with van der Waals surface area (Å²) in [5.74, 6) is -1.06. The summed E-state index contributed by atoms with van der Waals surface area (Å²) in [6, 6.07) is 12.3. The highest BCUT2D eigenvalue weighted by atomic mass is 32.2. The number of ether oxygens (including phenoxy) is 1. The molecule has 8 heteroatoms. The smallest absolute Gasteiger partial charge is 0.322 e. The molecule has 1 aliphatic rings. The molecule has 154 valence electrons. The van der Waals surface area contributed by atoms with E-state index in [1.807, 2.05) is 24.3 Å². The van der Waals surface area contributed by atoms with Crippen LogP contribution in [0.2, 0.25) is 0 Å². The molecule has 0 amide bonds. The molecule has 7 nitrogen and oxygen atoms in total. The number of aliphatic hydroxyl groups excluding tert-OH is 1. The fourth-order valence-corrected chi connectivity index (χ4v) is 4.51. The van der Waals surface area contributed by atoms with Crippen LogP contribution in [0, 0.1) is 5.92 Å². The van der Waals surface area contributed by atoms with Gasteiger partial charge in [-0.15, -0.1) is 0 Å². The summed E-state index contributed by atoms with van der Waals surface area (Å²) in [5, 5.41) is 19.0. The molecule has 0 spiro atoms. The fourth-order valence-electron chi connectivity index (χ4n) is 3.27. The van der Waals surface area contributed by atoms with Gasteiger partial charge in [-0.1, -0.05) is 36.4 Å². The standard InChI is InChI=1S/C21H23NO6S/c1-28-18-10-4-14(5-11-18)15-6-12-19(13-7-15)29(26,27)22-20(21(24)25)16-2-8-17(23)9-3-16/h2,4-8,10-13,16-17,20,22-23H,3,9H2,1H3,(H,24,25)/t16-,17+,20+/m0/s1. The molecular weight excluding hydrogens is 394 g/mol. The second kappa shape index (κ2) is 8.77. The first kappa shape index (κ1) is 21.0. The molecule has 3 N–H and O–H groups in total. The summed E-state index contributed by atoms with van der Waals surface area (Å²) >= 11 is 0. The van der Waals surface area contributed by atoms with Crippen LogP contribution in [-0.4, -0.2) is 43.9 Å². The number of hydrogen-bond acceptors (Lipinski definition) is 5. The van der Waals surface area contributed by atoms with Gasteiger partial charge in [-0.3, -0.25) is 4.79 Å². The van der Waals surface area contributed by atoms with Crippen molar-refractivity contribution in [3.8, 4) is 16.9 Å². The minimum absolute atomic E-state index is 0.0131. The Morgan fingerprint density at radius 3 is 2.10 bits per heavy atom. The van der Waals surface area contributed by atoms with Crippen molar-refractivity contribution in [2.24, 2.45) is 5.92 Å². The lowest BCUT2D eigenvalue weighted by molar-refractivity contribution is -0.140. The normalized spacial score (nSPS) is 20.2. The van der Waals surface area contributed by atoms with Crippen LogP contribution < -0.4 is 9.46 Å². The maximum atomic E-state index is 12.7. The fraction of sp³-hybridized carbons (Fsp3) is 0.286. The monoisotopic (exact) mass is 417 g/mol. The number of carboxylic acid groups (broad SMARTS) is 1. The predicted molar refractivity (Wildman–Crippen MR) is 108 cm³/mol. The predicted octanol–water partition coefficient (Wildman–Crippen LogP) is 2.42. The molecule has 1 aliphatic carbocycles. The summed E-state index contributed by atoms with van der Waals surface area (Å²) < 4.78 is 32.9. The molecule has 0 radical (unpaired) electrons. The van der Waals surface area contributed by atoms with E-state index in [4.69, 9.17) is 4.74 Å². The molecule has 0 aliphatic heterocycles. The lowest BCUT2D eigenvalue weighted by atomic mass is 9.89. The lowest BCUT2D eigenvalue weighted by Crippen LogP contribution is -2.46. The average molecular weight is 417 g/mol. The zero-order valence-corrected chi connectivity index (χ0v) is 16.7. The summed E-state index contributed by atoms with van der Waals surface area (Å²) in [6.07, 6.45) is 3.21. The van der Waals surface area contributed by atoms with Gasteiger partial charge in [0.15, 0.2) is 0 Å². The Morgan fingerprint density at radius 1 is 1.03 bits per heavy atom. The molecule has 0 fully saturated rings. The Morgan fingerprint density at radius 2 is 1.62 bits per heavy atom. The number of rotatable bonds is 7. The average Bonchev–Trinajstić information content (AvgIpc) is 2.73. The van der Waals surface area contributed by atoms with E-state index in [0.717, 1.165) is 16.9 Å². The second-order valence-corrected chi connectivity index (χ2v) is 8.60. The van der Waals surface area contributed by atoms with E-state index in [2.05, 4.69) is 4.72 Å². The third-order valence-corrected chi connectivity index (χ3v) is 6.40.